The second kappa shape index (κ2) is 2.57. The number of ether oxygens (including phenoxy) is 2. The van der Waals surface area contributed by atoms with E-state index in [-0.39, 0.29) is 5.97 Å². The van der Waals surface area contributed by atoms with Crippen LogP contribution in [0.3, 0.4) is 0 Å². The average Bonchev–Trinajstić information content (AvgIpc) is 2.55. The molecule has 2 aliphatic heterocycles. The third kappa shape index (κ3) is 1.11. The third-order valence-electron chi connectivity index (χ3n) is 1.99. The fraction of sp³-hybridized carbons (Fsp3) is 0.625. The summed E-state index contributed by atoms with van der Waals surface area (Å²) in [6.45, 7) is 1.28. The first-order chi connectivity index (χ1) is 5.38. The number of cyclic esters (lactones) is 1. The standard InChI is InChI=1S/C8H10O3/c9-8-6(3-5-11-8)7-2-1-4-10-7/h1-5H2/b7-6-. The highest BCUT2D eigenvalue weighted by Gasteiger charge is 2.25. The minimum absolute atomic E-state index is 0.179. The summed E-state index contributed by atoms with van der Waals surface area (Å²) in [5.74, 6) is 0.689. The molecule has 0 atom stereocenters. The molecule has 0 amide bonds. The van der Waals surface area contributed by atoms with Crippen LogP contribution in [-0.4, -0.2) is 19.2 Å². The molecule has 2 saturated heterocycles. The van der Waals surface area contributed by atoms with Crippen molar-refractivity contribution in [1.82, 2.24) is 0 Å². The van der Waals surface area contributed by atoms with E-state index in [0.717, 1.165) is 37.2 Å². The number of carbonyl (C=O) groups is 1. The van der Waals surface area contributed by atoms with Gasteiger partial charge >= 0.3 is 5.97 Å². The summed E-state index contributed by atoms with van der Waals surface area (Å²) in [4.78, 5) is 11.0. The molecule has 0 aromatic heterocycles. The molecule has 0 spiro atoms. The van der Waals surface area contributed by atoms with Crippen molar-refractivity contribution >= 4 is 5.97 Å². The molecule has 2 aliphatic rings. The van der Waals surface area contributed by atoms with Crippen molar-refractivity contribution in [1.29, 1.82) is 0 Å². The van der Waals surface area contributed by atoms with E-state index in [2.05, 4.69) is 0 Å². The van der Waals surface area contributed by atoms with E-state index >= 15 is 0 Å². The van der Waals surface area contributed by atoms with E-state index in [0.29, 0.717) is 6.61 Å². The second-order valence-electron chi connectivity index (χ2n) is 2.74. The molecule has 0 saturated carbocycles. The van der Waals surface area contributed by atoms with E-state index in [1.165, 1.54) is 0 Å². The molecule has 0 bridgehead atoms. The monoisotopic (exact) mass is 154 g/mol. The molecule has 0 radical (unpaired) electrons. The van der Waals surface area contributed by atoms with Crippen LogP contribution in [0.25, 0.3) is 0 Å². The number of esters is 1. The lowest BCUT2D eigenvalue weighted by Gasteiger charge is -1.98. The Morgan fingerprint density at radius 1 is 1.09 bits per heavy atom. The lowest BCUT2D eigenvalue weighted by molar-refractivity contribution is -0.135. The SMILES string of the molecule is O=C1OCC/C1=C1\CCCO1. The van der Waals surface area contributed by atoms with Crippen LogP contribution in [0.15, 0.2) is 11.3 Å². The molecule has 2 fully saturated rings. The molecule has 0 aromatic carbocycles. The van der Waals surface area contributed by atoms with Crippen LogP contribution in [0.1, 0.15) is 19.3 Å². The van der Waals surface area contributed by atoms with Gasteiger partial charge in [-0.3, -0.25) is 0 Å². The van der Waals surface area contributed by atoms with E-state index in [4.69, 9.17) is 9.47 Å². The molecule has 2 heterocycles. The predicted molar refractivity (Wildman–Crippen MR) is 37.8 cm³/mol. The van der Waals surface area contributed by atoms with Gasteiger partial charge in [-0.25, -0.2) is 4.79 Å². The number of carbonyl (C=O) groups excluding carboxylic acids is 1. The van der Waals surface area contributed by atoms with Gasteiger partial charge in [0.1, 0.15) is 5.76 Å². The summed E-state index contributed by atoms with van der Waals surface area (Å²) in [6.07, 6.45) is 2.67. The van der Waals surface area contributed by atoms with E-state index in [9.17, 15) is 4.79 Å². The van der Waals surface area contributed by atoms with Gasteiger partial charge in [-0.15, -0.1) is 0 Å². The molecule has 2 rings (SSSR count). The Labute approximate surface area is 65.0 Å². The van der Waals surface area contributed by atoms with Gasteiger partial charge in [0, 0.05) is 12.8 Å². The molecule has 0 unspecified atom stereocenters. The van der Waals surface area contributed by atoms with Gasteiger partial charge in [-0.05, 0) is 6.42 Å². The van der Waals surface area contributed by atoms with Crippen molar-refractivity contribution in [2.24, 2.45) is 0 Å². The van der Waals surface area contributed by atoms with Crippen molar-refractivity contribution in [2.45, 2.75) is 19.3 Å². The summed E-state index contributed by atoms with van der Waals surface area (Å²) >= 11 is 0. The van der Waals surface area contributed by atoms with Gasteiger partial charge in [-0.2, -0.15) is 0 Å². The summed E-state index contributed by atoms with van der Waals surface area (Å²) in [5.41, 5.74) is 0.766. The summed E-state index contributed by atoms with van der Waals surface area (Å²) < 4.78 is 10.1. The Morgan fingerprint density at radius 3 is 2.55 bits per heavy atom. The predicted octanol–water partition coefficient (Wildman–Crippen LogP) is 0.998. The van der Waals surface area contributed by atoms with Gasteiger partial charge in [-0.1, -0.05) is 0 Å². The zero-order valence-corrected chi connectivity index (χ0v) is 6.26. The number of hydrogen-bond donors (Lipinski definition) is 0. The van der Waals surface area contributed by atoms with Crippen LogP contribution >= 0.6 is 0 Å². The van der Waals surface area contributed by atoms with E-state index in [1.807, 2.05) is 0 Å². The summed E-state index contributed by atoms with van der Waals surface area (Å²) in [6, 6.07) is 0. The van der Waals surface area contributed by atoms with Crippen molar-refractivity contribution in [3.63, 3.8) is 0 Å². The highest BCUT2D eigenvalue weighted by atomic mass is 16.5. The molecule has 3 nitrogen and oxygen atoms in total. The molecule has 0 aliphatic carbocycles. The Balaban J connectivity index is 2.23. The molecule has 0 N–H and O–H groups in total. The van der Waals surface area contributed by atoms with Crippen molar-refractivity contribution < 1.29 is 14.3 Å². The largest absolute Gasteiger partial charge is 0.497 e. The summed E-state index contributed by atoms with van der Waals surface area (Å²) in [7, 11) is 0. The van der Waals surface area contributed by atoms with Crippen molar-refractivity contribution in [3.8, 4) is 0 Å². The zero-order valence-electron chi connectivity index (χ0n) is 6.26. The van der Waals surface area contributed by atoms with E-state index in [1.54, 1.807) is 0 Å². The van der Waals surface area contributed by atoms with Crippen LogP contribution < -0.4 is 0 Å². The van der Waals surface area contributed by atoms with Gasteiger partial charge in [0.15, 0.2) is 0 Å². The Kier molecular flexibility index (Phi) is 1.56. The molecule has 60 valence electrons. The lowest BCUT2D eigenvalue weighted by atomic mass is 10.1. The maximum atomic E-state index is 11.0. The molecular formula is C8H10O3. The Morgan fingerprint density at radius 2 is 2.00 bits per heavy atom. The Bertz CT molecular complexity index is 209. The molecular weight excluding hydrogens is 144 g/mol. The first-order valence-electron chi connectivity index (χ1n) is 3.90. The minimum Gasteiger partial charge on any atom is -0.497 e. The molecule has 0 aromatic rings. The van der Waals surface area contributed by atoms with Crippen LogP contribution in [0.4, 0.5) is 0 Å². The van der Waals surface area contributed by atoms with Crippen LogP contribution in [0.2, 0.25) is 0 Å². The van der Waals surface area contributed by atoms with Crippen molar-refractivity contribution in [2.75, 3.05) is 13.2 Å². The lowest BCUT2D eigenvalue weighted by Crippen LogP contribution is -1.98. The Hall–Kier alpha value is -0.990. The highest BCUT2D eigenvalue weighted by molar-refractivity contribution is 5.90. The zero-order chi connectivity index (χ0) is 7.68. The highest BCUT2D eigenvalue weighted by Crippen LogP contribution is 2.25. The van der Waals surface area contributed by atoms with Gasteiger partial charge < -0.3 is 9.47 Å². The van der Waals surface area contributed by atoms with Crippen LogP contribution in [-0.2, 0) is 14.3 Å². The number of allylic oxidation sites excluding steroid dienone is 1. The number of hydrogen-bond acceptors (Lipinski definition) is 3. The molecule has 11 heavy (non-hydrogen) atoms. The van der Waals surface area contributed by atoms with Crippen molar-refractivity contribution in [3.05, 3.63) is 11.3 Å². The third-order valence-corrected chi connectivity index (χ3v) is 1.99. The fourth-order valence-electron chi connectivity index (χ4n) is 1.43. The normalized spacial score (nSPS) is 30.4. The first kappa shape index (κ1) is 6.70. The maximum absolute atomic E-state index is 11.0. The first-order valence-corrected chi connectivity index (χ1v) is 3.90. The fourth-order valence-corrected chi connectivity index (χ4v) is 1.43. The van der Waals surface area contributed by atoms with Gasteiger partial charge in [0.05, 0.1) is 18.8 Å². The minimum atomic E-state index is -0.179. The smallest absolute Gasteiger partial charge is 0.337 e. The second-order valence-corrected chi connectivity index (χ2v) is 2.74. The van der Waals surface area contributed by atoms with Crippen LogP contribution in [0.5, 0.6) is 0 Å². The quantitative estimate of drug-likeness (QED) is 0.385. The maximum Gasteiger partial charge on any atom is 0.337 e. The molecule has 3 heteroatoms. The van der Waals surface area contributed by atoms with Gasteiger partial charge in [0.25, 0.3) is 0 Å². The summed E-state index contributed by atoms with van der Waals surface area (Å²) in [5, 5.41) is 0. The number of rotatable bonds is 0. The topological polar surface area (TPSA) is 35.5 Å². The van der Waals surface area contributed by atoms with Crippen LogP contribution in [0, 0.1) is 0 Å². The van der Waals surface area contributed by atoms with Gasteiger partial charge in [0.2, 0.25) is 0 Å². The van der Waals surface area contributed by atoms with E-state index < -0.39 is 0 Å². The average molecular weight is 154 g/mol.